The van der Waals surface area contributed by atoms with Crippen molar-refractivity contribution >= 4 is 17.6 Å². The Morgan fingerprint density at radius 3 is 2.56 bits per heavy atom. The molecule has 2 aromatic heterocycles. The second-order valence-corrected chi connectivity index (χ2v) is 8.80. The molecule has 9 heteroatoms. The molecule has 2 N–H and O–H groups in total. The van der Waals surface area contributed by atoms with Crippen molar-refractivity contribution in [3.63, 3.8) is 0 Å². The van der Waals surface area contributed by atoms with Gasteiger partial charge in [-0.15, -0.1) is 10.2 Å². The number of rotatable bonds is 6. The molecule has 0 unspecified atom stereocenters. The first-order chi connectivity index (χ1) is 17.6. The fourth-order valence-corrected chi connectivity index (χ4v) is 4.72. The third-order valence-corrected chi connectivity index (χ3v) is 6.69. The van der Waals surface area contributed by atoms with E-state index < -0.39 is 6.09 Å². The van der Waals surface area contributed by atoms with E-state index in [-0.39, 0.29) is 5.41 Å². The predicted molar refractivity (Wildman–Crippen MR) is 134 cm³/mol. The Bertz CT molecular complexity index is 1590. The molecule has 1 fully saturated rings. The molecule has 36 heavy (non-hydrogen) atoms. The van der Waals surface area contributed by atoms with Crippen molar-refractivity contribution in [2.45, 2.75) is 18.3 Å². The Morgan fingerprint density at radius 1 is 1.03 bits per heavy atom. The Kier molecular flexibility index (Phi) is 5.10. The van der Waals surface area contributed by atoms with Crippen molar-refractivity contribution in [1.82, 2.24) is 24.8 Å². The van der Waals surface area contributed by atoms with Gasteiger partial charge >= 0.3 is 6.09 Å². The molecular formula is C27H22N6O3. The van der Waals surface area contributed by atoms with Gasteiger partial charge in [-0.05, 0) is 65.4 Å². The second-order valence-electron chi connectivity index (χ2n) is 8.80. The molecule has 1 saturated carbocycles. The van der Waals surface area contributed by atoms with Crippen LogP contribution in [0.1, 0.15) is 24.0 Å². The summed E-state index contributed by atoms with van der Waals surface area (Å²) < 4.78 is 6.86. The second kappa shape index (κ2) is 8.46. The van der Waals surface area contributed by atoms with E-state index in [9.17, 15) is 9.90 Å². The lowest BCUT2D eigenvalue weighted by Gasteiger charge is -2.22. The third-order valence-electron chi connectivity index (χ3n) is 6.69. The lowest BCUT2D eigenvalue weighted by Crippen LogP contribution is -2.16. The van der Waals surface area contributed by atoms with Crippen LogP contribution in [0.3, 0.4) is 0 Å². The fraction of sp³-hybridized carbons (Fsp3) is 0.148. The number of amides is 1. The van der Waals surface area contributed by atoms with Gasteiger partial charge in [-0.3, -0.25) is 5.32 Å². The molecule has 5 aromatic rings. The molecule has 6 rings (SSSR count). The van der Waals surface area contributed by atoms with Crippen molar-refractivity contribution in [1.29, 1.82) is 0 Å². The van der Waals surface area contributed by atoms with Crippen LogP contribution in [0.15, 0.2) is 79.3 Å². The fourth-order valence-electron chi connectivity index (χ4n) is 4.72. The van der Waals surface area contributed by atoms with Gasteiger partial charge in [0.1, 0.15) is 17.8 Å². The van der Waals surface area contributed by atoms with Gasteiger partial charge in [0.2, 0.25) is 0 Å². The van der Waals surface area contributed by atoms with Crippen LogP contribution >= 0.6 is 0 Å². The number of hydrogen-bond acceptors (Lipinski definition) is 6. The molecule has 1 aliphatic carbocycles. The van der Waals surface area contributed by atoms with E-state index in [1.807, 2.05) is 42.5 Å². The number of nitrogens with one attached hydrogen (secondary N) is 1. The minimum Gasteiger partial charge on any atom is -0.497 e. The summed E-state index contributed by atoms with van der Waals surface area (Å²) in [5.41, 5.74) is 6.03. The Labute approximate surface area is 206 Å². The average molecular weight is 479 g/mol. The minimum atomic E-state index is -1.08. The van der Waals surface area contributed by atoms with Crippen molar-refractivity contribution in [2.24, 2.45) is 0 Å². The molecule has 0 radical (unpaired) electrons. The normalized spacial score (nSPS) is 13.9. The molecule has 0 atom stereocenters. The number of methoxy groups -OCH3 is 1. The van der Waals surface area contributed by atoms with Crippen molar-refractivity contribution < 1.29 is 14.6 Å². The molecule has 178 valence electrons. The summed E-state index contributed by atoms with van der Waals surface area (Å²) in [5, 5.41) is 24.4. The number of benzene rings is 3. The van der Waals surface area contributed by atoms with E-state index in [0.29, 0.717) is 17.2 Å². The van der Waals surface area contributed by atoms with Crippen LogP contribution in [0, 0.1) is 0 Å². The third kappa shape index (κ3) is 3.80. The van der Waals surface area contributed by atoms with Crippen LogP contribution in [0.2, 0.25) is 0 Å². The van der Waals surface area contributed by atoms with Gasteiger partial charge in [-0.25, -0.2) is 9.78 Å². The Hall–Kier alpha value is -4.79. The van der Waals surface area contributed by atoms with Crippen LogP contribution in [-0.4, -0.2) is 43.1 Å². The van der Waals surface area contributed by atoms with Crippen LogP contribution in [0.5, 0.6) is 5.75 Å². The topological polar surface area (TPSA) is 115 Å². The average Bonchev–Trinajstić information content (AvgIpc) is 3.58. The predicted octanol–water partition coefficient (Wildman–Crippen LogP) is 5.03. The monoisotopic (exact) mass is 478 g/mol. The van der Waals surface area contributed by atoms with Gasteiger partial charge in [-0.1, -0.05) is 36.4 Å². The molecule has 0 spiro atoms. The molecule has 2 heterocycles. The van der Waals surface area contributed by atoms with Gasteiger partial charge in [0.25, 0.3) is 5.78 Å². The Balaban J connectivity index is 1.42. The first-order valence-electron chi connectivity index (χ1n) is 11.5. The van der Waals surface area contributed by atoms with Crippen molar-refractivity contribution in [2.75, 3.05) is 12.4 Å². The highest BCUT2D eigenvalue weighted by molar-refractivity contribution is 5.86. The van der Waals surface area contributed by atoms with Crippen molar-refractivity contribution in [3.8, 4) is 28.1 Å². The summed E-state index contributed by atoms with van der Waals surface area (Å²) in [6.45, 7) is 0. The lowest BCUT2D eigenvalue weighted by molar-refractivity contribution is 0.209. The van der Waals surface area contributed by atoms with Crippen LogP contribution < -0.4 is 10.1 Å². The van der Waals surface area contributed by atoms with Gasteiger partial charge in [0.15, 0.2) is 0 Å². The molecule has 0 bridgehead atoms. The van der Waals surface area contributed by atoms with Gasteiger partial charge in [0.05, 0.1) is 13.3 Å². The molecule has 1 aliphatic rings. The number of ether oxygens (including phenoxy) is 1. The summed E-state index contributed by atoms with van der Waals surface area (Å²) >= 11 is 0. The first kappa shape index (κ1) is 21.7. The van der Waals surface area contributed by atoms with Crippen LogP contribution in [0.4, 0.5) is 10.5 Å². The zero-order valence-corrected chi connectivity index (χ0v) is 19.4. The number of hydrogen-bond donors (Lipinski definition) is 2. The van der Waals surface area contributed by atoms with Crippen molar-refractivity contribution in [3.05, 3.63) is 90.4 Å². The van der Waals surface area contributed by atoms with Crippen LogP contribution in [-0.2, 0) is 5.41 Å². The van der Waals surface area contributed by atoms with Gasteiger partial charge < -0.3 is 9.84 Å². The number of carbonyl (C=O) groups is 1. The summed E-state index contributed by atoms with van der Waals surface area (Å²) in [6.07, 6.45) is 3.98. The smallest absolute Gasteiger partial charge is 0.409 e. The number of anilines is 1. The molecule has 0 aliphatic heterocycles. The van der Waals surface area contributed by atoms with Crippen LogP contribution in [0.25, 0.3) is 28.2 Å². The minimum absolute atomic E-state index is 0.247. The Morgan fingerprint density at radius 2 is 1.81 bits per heavy atom. The molecular weight excluding hydrogens is 456 g/mol. The van der Waals surface area contributed by atoms with E-state index in [1.54, 1.807) is 13.3 Å². The molecule has 9 nitrogen and oxygen atoms in total. The van der Waals surface area contributed by atoms with E-state index in [2.05, 4.69) is 49.9 Å². The number of carboxylic acid groups (broad SMARTS) is 1. The molecule has 3 aromatic carbocycles. The molecule has 1 amide bonds. The summed E-state index contributed by atoms with van der Waals surface area (Å²) in [5.74, 6) is 1.23. The van der Waals surface area contributed by atoms with E-state index in [4.69, 9.17) is 4.74 Å². The van der Waals surface area contributed by atoms with E-state index in [1.165, 1.54) is 10.8 Å². The zero-order valence-electron chi connectivity index (χ0n) is 19.4. The number of aromatic nitrogens is 5. The zero-order chi connectivity index (χ0) is 24.7. The summed E-state index contributed by atoms with van der Waals surface area (Å²) in [4.78, 5) is 15.9. The highest BCUT2D eigenvalue weighted by Gasteiger charge is 2.47. The SMILES string of the molecule is COc1ccc(C2(c3cc(-c4cccc(-c5cnc6nncn6n5)c4)ccc3NC(=O)O)CC2)cc1. The maximum absolute atomic E-state index is 11.6. The van der Waals surface area contributed by atoms with Gasteiger partial charge in [0, 0.05) is 16.7 Å². The van der Waals surface area contributed by atoms with E-state index in [0.717, 1.165) is 46.4 Å². The first-order valence-corrected chi connectivity index (χ1v) is 11.5. The van der Waals surface area contributed by atoms with E-state index >= 15 is 0 Å². The van der Waals surface area contributed by atoms with Gasteiger partial charge in [-0.2, -0.15) is 9.61 Å². The lowest BCUT2D eigenvalue weighted by atomic mass is 9.85. The summed E-state index contributed by atoms with van der Waals surface area (Å²) in [6, 6.07) is 21.9. The molecule has 0 saturated heterocycles. The highest BCUT2D eigenvalue weighted by atomic mass is 16.5. The summed E-state index contributed by atoms with van der Waals surface area (Å²) in [7, 11) is 1.64. The maximum Gasteiger partial charge on any atom is 0.409 e. The quantitative estimate of drug-likeness (QED) is 0.352. The maximum atomic E-state index is 11.6. The highest BCUT2D eigenvalue weighted by Crippen LogP contribution is 2.56. The standard InChI is InChI=1S/C27H22N6O3/c1-36-21-8-6-20(7-9-21)27(11-12-27)22-14-18(5-10-23(22)30-26(34)35)17-3-2-4-19(13-17)24-15-28-25-31-29-16-33(25)32-24/h2-10,13-16,30H,11-12H2,1H3,(H,34,35). The number of nitrogens with zero attached hydrogens (tertiary/aromatic N) is 5. The number of fused-ring (bicyclic) bond motifs is 1. The largest absolute Gasteiger partial charge is 0.497 e.